The molecule has 3 heteroatoms. The summed E-state index contributed by atoms with van der Waals surface area (Å²) in [4.78, 5) is 11.7. The van der Waals surface area contributed by atoms with E-state index >= 15 is 0 Å². The number of methoxy groups -OCH3 is 1. The van der Waals surface area contributed by atoms with Gasteiger partial charge in [0.1, 0.15) is 0 Å². The molecule has 2 aliphatic rings. The number of carbonyl (C=O) groups excluding carboxylic acids is 1. The first-order valence-corrected chi connectivity index (χ1v) is 7.16. The molecule has 106 valence electrons. The van der Waals surface area contributed by atoms with Crippen LogP contribution in [0, 0.1) is 23.7 Å². The van der Waals surface area contributed by atoms with Crippen LogP contribution < -0.4 is 0 Å². The van der Waals surface area contributed by atoms with Gasteiger partial charge < -0.3 is 9.84 Å². The molecule has 0 aromatic carbocycles. The number of esters is 1. The van der Waals surface area contributed by atoms with Crippen LogP contribution in [-0.2, 0) is 9.53 Å². The van der Waals surface area contributed by atoms with Gasteiger partial charge in [-0.1, -0.05) is 19.6 Å². The first kappa shape index (κ1) is 14.3. The van der Waals surface area contributed by atoms with E-state index in [0.29, 0.717) is 23.7 Å². The second-order valence-corrected chi connectivity index (χ2v) is 5.94. The third-order valence-electron chi connectivity index (χ3n) is 4.94. The fourth-order valence-corrected chi connectivity index (χ4v) is 3.78. The molecule has 0 bridgehead atoms. The molecule has 0 radical (unpaired) electrons. The lowest BCUT2D eigenvalue weighted by molar-refractivity contribution is -0.136. The lowest BCUT2D eigenvalue weighted by atomic mass is 9.61. The Kier molecular flexibility index (Phi) is 4.46. The summed E-state index contributed by atoms with van der Waals surface area (Å²) >= 11 is 0. The summed E-state index contributed by atoms with van der Waals surface area (Å²) in [6.07, 6.45) is 6.21. The second-order valence-electron chi connectivity index (χ2n) is 5.94. The molecule has 2 rings (SSSR count). The zero-order chi connectivity index (χ0) is 14.0. The highest BCUT2D eigenvalue weighted by molar-refractivity contribution is 5.88. The maximum absolute atomic E-state index is 11.7. The Morgan fingerprint density at radius 3 is 2.84 bits per heavy atom. The highest BCUT2D eigenvalue weighted by Crippen LogP contribution is 2.47. The molecule has 0 heterocycles. The quantitative estimate of drug-likeness (QED) is 0.630. The van der Waals surface area contributed by atoms with Crippen molar-refractivity contribution < 1.29 is 14.6 Å². The van der Waals surface area contributed by atoms with Crippen molar-refractivity contribution in [2.24, 2.45) is 23.7 Å². The van der Waals surface area contributed by atoms with Crippen LogP contribution in [0.15, 0.2) is 23.8 Å². The Labute approximate surface area is 115 Å². The monoisotopic (exact) mass is 264 g/mol. The normalized spacial score (nSPS) is 34.2. The summed E-state index contributed by atoms with van der Waals surface area (Å²) in [5.41, 5.74) is 1.71. The molecule has 3 nitrogen and oxygen atoms in total. The first-order chi connectivity index (χ1) is 9.08. The second kappa shape index (κ2) is 5.91. The van der Waals surface area contributed by atoms with E-state index < -0.39 is 0 Å². The van der Waals surface area contributed by atoms with Crippen molar-refractivity contribution in [3.8, 4) is 0 Å². The average molecular weight is 264 g/mol. The lowest BCUT2D eigenvalue weighted by Crippen LogP contribution is -2.36. The summed E-state index contributed by atoms with van der Waals surface area (Å²) in [5, 5.41) is 9.35. The standard InChI is InChI=1S/C16H24O3/c1-10-4-6-14(11(2)9-17)15-8-12(16(18)19-3)5-7-13(10)15/h8,10,13-15,17H,2,4-7,9H2,1,3H3. The van der Waals surface area contributed by atoms with Crippen molar-refractivity contribution in [3.05, 3.63) is 23.8 Å². The minimum Gasteiger partial charge on any atom is -0.466 e. The molecule has 1 saturated carbocycles. The molecule has 0 aromatic heterocycles. The summed E-state index contributed by atoms with van der Waals surface area (Å²) in [6, 6.07) is 0. The predicted molar refractivity (Wildman–Crippen MR) is 74.4 cm³/mol. The van der Waals surface area contributed by atoms with Crippen LogP contribution in [0.3, 0.4) is 0 Å². The maximum Gasteiger partial charge on any atom is 0.333 e. The number of fused-ring (bicyclic) bond motifs is 1. The minimum atomic E-state index is -0.204. The SMILES string of the molecule is C=C(CO)C1CCC(C)C2CCC(C(=O)OC)=CC12. The molecule has 4 atom stereocenters. The van der Waals surface area contributed by atoms with Gasteiger partial charge in [-0.3, -0.25) is 0 Å². The van der Waals surface area contributed by atoms with Gasteiger partial charge in [-0.2, -0.15) is 0 Å². The van der Waals surface area contributed by atoms with Crippen molar-refractivity contribution in [1.29, 1.82) is 0 Å². The van der Waals surface area contributed by atoms with Crippen LogP contribution in [0.5, 0.6) is 0 Å². The molecule has 0 aliphatic heterocycles. The fourth-order valence-electron chi connectivity index (χ4n) is 3.78. The van der Waals surface area contributed by atoms with Crippen molar-refractivity contribution in [2.45, 2.75) is 32.6 Å². The highest BCUT2D eigenvalue weighted by Gasteiger charge is 2.39. The molecule has 2 aliphatic carbocycles. The largest absolute Gasteiger partial charge is 0.466 e. The number of carbonyl (C=O) groups is 1. The third-order valence-corrected chi connectivity index (χ3v) is 4.94. The Hall–Kier alpha value is -1.09. The van der Waals surface area contributed by atoms with Gasteiger partial charge in [0, 0.05) is 5.57 Å². The molecule has 0 saturated heterocycles. The van der Waals surface area contributed by atoms with E-state index in [1.165, 1.54) is 13.5 Å². The number of aliphatic hydroxyl groups is 1. The number of aliphatic hydroxyl groups excluding tert-OH is 1. The van der Waals surface area contributed by atoms with Crippen LogP contribution >= 0.6 is 0 Å². The highest BCUT2D eigenvalue weighted by atomic mass is 16.5. The third kappa shape index (κ3) is 2.76. The van der Waals surface area contributed by atoms with Gasteiger partial charge in [-0.05, 0) is 54.9 Å². The number of ether oxygens (including phenoxy) is 1. The van der Waals surface area contributed by atoms with Crippen LogP contribution in [-0.4, -0.2) is 24.8 Å². The smallest absolute Gasteiger partial charge is 0.333 e. The average Bonchev–Trinajstić information content (AvgIpc) is 2.45. The molecular formula is C16H24O3. The molecule has 0 aromatic rings. The first-order valence-electron chi connectivity index (χ1n) is 7.16. The number of hydrogen-bond acceptors (Lipinski definition) is 3. The Bertz CT molecular complexity index is 397. The summed E-state index contributed by atoms with van der Waals surface area (Å²) in [7, 11) is 1.43. The van der Waals surface area contributed by atoms with E-state index in [4.69, 9.17) is 4.74 Å². The Morgan fingerprint density at radius 2 is 2.21 bits per heavy atom. The molecule has 0 amide bonds. The number of hydrogen-bond donors (Lipinski definition) is 1. The van der Waals surface area contributed by atoms with Gasteiger partial charge in [-0.15, -0.1) is 0 Å². The van der Waals surface area contributed by atoms with Crippen LogP contribution in [0.25, 0.3) is 0 Å². The summed E-state index contributed by atoms with van der Waals surface area (Å²) in [5.74, 6) is 1.74. The van der Waals surface area contributed by atoms with Crippen molar-refractivity contribution in [2.75, 3.05) is 13.7 Å². The molecule has 1 N–H and O–H groups in total. The number of allylic oxidation sites excluding steroid dienone is 1. The lowest BCUT2D eigenvalue weighted by Gasteiger charge is -2.44. The zero-order valence-electron chi connectivity index (χ0n) is 11.9. The van der Waals surface area contributed by atoms with E-state index in [1.807, 2.05) is 0 Å². The van der Waals surface area contributed by atoms with Gasteiger partial charge in [0.2, 0.25) is 0 Å². The van der Waals surface area contributed by atoms with Crippen molar-refractivity contribution in [1.82, 2.24) is 0 Å². The van der Waals surface area contributed by atoms with Gasteiger partial charge in [0.25, 0.3) is 0 Å². The van der Waals surface area contributed by atoms with Crippen molar-refractivity contribution in [3.63, 3.8) is 0 Å². The molecular weight excluding hydrogens is 240 g/mol. The zero-order valence-corrected chi connectivity index (χ0v) is 11.9. The maximum atomic E-state index is 11.7. The van der Waals surface area contributed by atoms with Gasteiger partial charge in [-0.25, -0.2) is 4.79 Å². The van der Waals surface area contributed by atoms with E-state index in [0.717, 1.165) is 30.4 Å². The minimum absolute atomic E-state index is 0.0453. The van der Waals surface area contributed by atoms with Crippen LogP contribution in [0.1, 0.15) is 32.6 Å². The van der Waals surface area contributed by atoms with Gasteiger partial charge in [0.05, 0.1) is 13.7 Å². The summed E-state index contributed by atoms with van der Waals surface area (Å²) in [6.45, 7) is 6.35. The predicted octanol–water partition coefficient (Wildman–Crippen LogP) is 2.71. The van der Waals surface area contributed by atoms with E-state index in [9.17, 15) is 9.90 Å². The fraction of sp³-hybridized carbons (Fsp3) is 0.688. The van der Waals surface area contributed by atoms with Crippen LogP contribution in [0.4, 0.5) is 0 Å². The molecule has 4 unspecified atom stereocenters. The Morgan fingerprint density at radius 1 is 1.47 bits per heavy atom. The Balaban J connectivity index is 2.26. The summed E-state index contributed by atoms with van der Waals surface area (Å²) < 4.78 is 4.84. The van der Waals surface area contributed by atoms with Crippen molar-refractivity contribution >= 4 is 5.97 Å². The van der Waals surface area contributed by atoms with E-state index in [-0.39, 0.29) is 12.6 Å². The molecule has 1 fully saturated rings. The van der Waals surface area contributed by atoms with Crippen LogP contribution in [0.2, 0.25) is 0 Å². The van der Waals surface area contributed by atoms with E-state index in [1.54, 1.807) is 0 Å². The van der Waals surface area contributed by atoms with E-state index in [2.05, 4.69) is 19.6 Å². The van der Waals surface area contributed by atoms with Gasteiger partial charge in [0.15, 0.2) is 0 Å². The topological polar surface area (TPSA) is 46.5 Å². The number of rotatable bonds is 3. The molecule has 19 heavy (non-hydrogen) atoms. The molecule has 0 spiro atoms. The van der Waals surface area contributed by atoms with Gasteiger partial charge >= 0.3 is 5.97 Å².